The largest absolute Gasteiger partial charge is 1.00 e. The Bertz CT molecular complexity index is 1230. The molecule has 0 spiro atoms. The van der Waals surface area contributed by atoms with Crippen LogP contribution in [0.15, 0.2) is 54.7 Å². The molecule has 3 rings (SSSR count). The Hall–Kier alpha value is -2.26. The Kier molecular flexibility index (Phi) is 12.8. The van der Waals surface area contributed by atoms with Crippen molar-refractivity contribution in [2.75, 3.05) is 6.61 Å². The second kappa shape index (κ2) is 15.1. The summed E-state index contributed by atoms with van der Waals surface area (Å²) in [5, 5.41) is 10.3. The molecular formula is C32H47BrN2O4Si. The average molecular weight is 632 g/mol. The van der Waals surface area contributed by atoms with Gasteiger partial charge in [-0.3, -0.25) is 0 Å². The molecule has 0 atom stereocenters. The standard InChI is InChI=1S/C32H47N2O4Si.BrH/c1-8-9-12-27-22-33(24-37-19-20-39(5,6)7)30(23-35)34(27)21-25-15-17-26(18-16-25)28-13-10-11-14-29(28)31(36)38-32(2,3)4;/h10-11,13-18,22,35H,8-9,12,19-21,23-24H2,1-7H3;1H/q+1;/p-1. The first-order chi connectivity index (χ1) is 18.4. The number of aromatic nitrogens is 2. The van der Waals surface area contributed by atoms with Crippen molar-refractivity contribution in [2.24, 2.45) is 0 Å². The zero-order valence-electron chi connectivity index (χ0n) is 25.3. The summed E-state index contributed by atoms with van der Waals surface area (Å²) in [5.41, 5.74) is 4.16. The molecule has 40 heavy (non-hydrogen) atoms. The highest BCUT2D eigenvalue weighted by atomic mass is 79.9. The van der Waals surface area contributed by atoms with Crippen LogP contribution in [-0.4, -0.2) is 35.9 Å². The average Bonchev–Trinajstić information content (AvgIpc) is 3.20. The summed E-state index contributed by atoms with van der Waals surface area (Å²) in [6.45, 7) is 16.7. The first kappa shape index (κ1) is 33.9. The van der Waals surface area contributed by atoms with Gasteiger partial charge in [-0.05, 0) is 56.0 Å². The molecule has 0 fully saturated rings. The van der Waals surface area contributed by atoms with E-state index in [0.717, 1.165) is 54.4 Å². The van der Waals surface area contributed by atoms with Crippen molar-refractivity contribution < 1.29 is 40.9 Å². The first-order valence-electron chi connectivity index (χ1n) is 14.1. The molecule has 3 aromatic rings. The van der Waals surface area contributed by atoms with Gasteiger partial charge in [0.05, 0.1) is 5.56 Å². The summed E-state index contributed by atoms with van der Waals surface area (Å²) in [4.78, 5) is 12.8. The second-order valence-corrected chi connectivity index (χ2v) is 18.1. The van der Waals surface area contributed by atoms with Crippen LogP contribution in [0, 0.1) is 0 Å². The van der Waals surface area contributed by atoms with E-state index in [9.17, 15) is 9.90 Å². The number of rotatable bonds is 13. The van der Waals surface area contributed by atoms with Gasteiger partial charge in [-0.15, -0.1) is 0 Å². The molecule has 1 aromatic heterocycles. The van der Waals surface area contributed by atoms with Crippen molar-refractivity contribution in [3.05, 3.63) is 77.4 Å². The zero-order valence-corrected chi connectivity index (χ0v) is 27.9. The molecule has 220 valence electrons. The number of benzene rings is 2. The Morgan fingerprint density at radius 2 is 1.73 bits per heavy atom. The topological polar surface area (TPSA) is 64.6 Å². The van der Waals surface area contributed by atoms with E-state index >= 15 is 0 Å². The Morgan fingerprint density at radius 1 is 1.05 bits per heavy atom. The number of carbonyl (C=O) groups is 1. The predicted octanol–water partition coefficient (Wildman–Crippen LogP) is 3.60. The minimum absolute atomic E-state index is 0. The lowest BCUT2D eigenvalue weighted by Crippen LogP contribution is -3.00. The van der Waals surface area contributed by atoms with Crippen molar-refractivity contribution in [1.29, 1.82) is 0 Å². The maximum absolute atomic E-state index is 12.8. The molecule has 0 bridgehead atoms. The summed E-state index contributed by atoms with van der Waals surface area (Å²) < 4.78 is 15.9. The highest BCUT2D eigenvalue weighted by molar-refractivity contribution is 6.76. The van der Waals surface area contributed by atoms with Crippen LogP contribution in [0.25, 0.3) is 11.1 Å². The third kappa shape index (κ3) is 9.98. The van der Waals surface area contributed by atoms with Crippen LogP contribution in [0.4, 0.5) is 0 Å². The number of carbonyl (C=O) groups excluding carboxylic acids is 1. The third-order valence-corrected chi connectivity index (χ3v) is 8.30. The van der Waals surface area contributed by atoms with Gasteiger partial charge in [0.1, 0.15) is 30.6 Å². The summed E-state index contributed by atoms with van der Waals surface area (Å²) in [7, 11) is -1.16. The molecule has 0 amide bonds. The van der Waals surface area contributed by atoms with E-state index in [0.29, 0.717) is 18.8 Å². The fourth-order valence-corrected chi connectivity index (χ4v) is 5.20. The van der Waals surface area contributed by atoms with Crippen LogP contribution in [0.1, 0.15) is 68.0 Å². The Balaban J connectivity index is 0.00000560. The van der Waals surface area contributed by atoms with Crippen LogP contribution < -0.4 is 21.5 Å². The molecule has 0 saturated carbocycles. The lowest BCUT2D eigenvalue weighted by Gasteiger charge is -2.20. The van der Waals surface area contributed by atoms with Gasteiger partial charge < -0.3 is 31.6 Å². The van der Waals surface area contributed by atoms with E-state index in [1.54, 1.807) is 0 Å². The van der Waals surface area contributed by atoms with E-state index < -0.39 is 13.7 Å². The number of ether oxygens (including phenoxy) is 2. The highest BCUT2D eigenvalue weighted by Crippen LogP contribution is 2.26. The van der Waals surface area contributed by atoms with Crippen molar-refractivity contribution in [3.8, 4) is 11.1 Å². The molecule has 2 aromatic carbocycles. The molecule has 0 saturated heterocycles. The van der Waals surface area contributed by atoms with E-state index in [4.69, 9.17) is 9.47 Å². The minimum atomic E-state index is -1.16. The van der Waals surface area contributed by atoms with Gasteiger partial charge in [-0.1, -0.05) is 75.5 Å². The number of aliphatic hydroxyl groups is 1. The molecule has 0 unspecified atom stereocenters. The fourth-order valence-electron chi connectivity index (χ4n) is 4.44. The van der Waals surface area contributed by atoms with E-state index in [1.807, 2.05) is 45.0 Å². The number of unbranched alkanes of at least 4 members (excludes halogenated alkanes) is 1. The van der Waals surface area contributed by atoms with Crippen molar-refractivity contribution >= 4 is 14.0 Å². The fraction of sp³-hybridized carbons (Fsp3) is 0.500. The number of imidazole rings is 1. The normalized spacial score (nSPS) is 11.8. The molecule has 6 nitrogen and oxygen atoms in total. The molecule has 0 aliphatic rings. The molecule has 8 heteroatoms. The van der Waals surface area contributed by atoms with Gasteiger partial charge in [-0.25, -0.2) is 13.9 Å². The van der Waals surface area contributed by atoms with Gasteiger partial charge in [0, 0.05) is 21.1 Å². The van der Waals surface area contributed by atoms with Crippen LogP contribution in [0.2, 0.25) is 25.7 Å². The second-order valence-electron chi connectivity index (χ2n) is 12.4. The SMILES string of the molecule is CCCCc1c[n+](COCC[Si](C)(C)C)c(CO)n1Cc1ccc(-c2ccccc2C(=O)OC(C)(C)C)cc1.[Br-]. The predicted molar refractivity (Wildman–Crippen MR) is 159 cm³/mol. The number of aryl methyl sites for hydroxylation is 1. The summed E-state index contributed by atoms with van der Waals surface area (Å²) in [5.74, 6) is 0.535. The van der Waals surface area contributed by atoms with Gasteiger partial charge in [-0.2, -0.15) is 0 Å². The molecule has 1 heterocycles. The van der Waals surface area contributed by atoms with Crippen LogP contribution >= 0.6 is 0 Å². The van der Waals surface area contributed by atoms with Gasteiger partial charge in [0.2, 0.25) is 0 Å². The number of aliphatic hydroxyl groups excluding tert-OH is 1. The quantitative estimate of drug-likeness (QED) is 0.136. The van der Waals surface area contributed by atoms with Crippen LogP contribution in [-0.2, 0) is 35.8 Å². The summed E-state index contributed by atoms with van der Waals surface area (Å²) in [6, 6.07) is 17.0. The number of halogens is 1. The van der Waals surface area contributed by atoms with Crippen molar-refractivity contribution in [1.82, 2.24) is 4.57 Å². The zero-order chi connectivity index (χ0) is 28.6. The Morgan fingerprint density at radius 3 is 2.33 bits per heavy atom. The van der Waals surface area contributed by atoms with E-state index in [-0.39, 0.29) is 29.6 Å². The highest BCUT2D eigenvalue weighted by Gasteiger charge is 2.24. The number of hydrogen-bond donors (Lipinski definition) is 1. The maximum Gasteiger partial charge on any atom is 0.339 e. The number of nitrogens with zero attached hydrogens (tertiary/aromatic N) is 2. The molecule has 0 aliphatic heterocycles. The molecule has 1 N–H and O–H groups in total. The Labute approximate surface area is 252 Å². The van der Waals surface area contributed by atoms with E-state index in [2.05, 4.69) is 66.2 Å². The van der Waals surface area contributed by atoms with Gasteiger partial charge in [0.15, 0.2) is 6.73 Å². The molecule has 0 aliphatic carbocycles. The lowest BCUT2D eigenvalue weighted by molar-refractivity contribution is -0.740. The molecular weight excluding hydrogens is 584 g/mol. The van der Waals surface area contributed by atoms with Crippen LogP contribution in [0.3, 0.4) is 0 Å². The summed E-state index contributed by atoms with van der Waals surface area (Å²) >= 11 is 0. The minimum Gasteiger partial charge on any atom is -1.00 e. The number of hydrogen-bond acceptors (Lipinski definition) is 4. The van der Waals surface area contributed by atoms with Gasteiger partial charge >= 0.3 is 5.97 Å². The van der Waals surface area contributed by atoms with Crippen LogP contribution in [0.5, 0.6) is 0 Å². The smallest absolute Gasteiger partial charge is 0.339 e. The maximum atomic E-state index is 12.8. The van der Waals surface area contributed by atoms with Crippen molar-refractivity contribution in [2.45, 2.75) is 98.1 Å². The third-order valence-electron chi connectivity index (χ3n) is 6.60. The first-order valence-corrected chi connectivity index (χ1v) is 17.8. The van der Waals surface area contributed by atoms with Crippen molar-refractivity contribution in [3.63, 3.8) is 0 Å². The lowest BCUT2D eigenvalue weighted by atomic mass is 9.98. The molecule has 0 radical (unpaired) electrons. The monoisotopic (exact) mass is 630 g/mol. The van der Waals surface area contributed by atoms with Gasteiger partial charge in [0.25, 0.3) is 5.82 Å². The van der Waals surface area contributed by atoms with E-state index in [1.165, 1.54) is 5.69 Å². The number of esters is 1. The summed E-state index contributed by atoms with van der Waals surface area (Å²) in [6.07, 6.45) is 5.29.